The van der Waals surface area contributed by atoms with E-state index in [9.17, 15) is 31.5 Å². The van der Waals surface area contributed by atoms with Crippen LogP contribution in [-0.2, 0) is 20.8 Å². The number of aryl methyl sites for hydroxylation is 1. The maximum atomic E-state index is 12.9. The van der Waals surface area contributed by atoms with E-state index in [1.807, 2.05) is 0 Å². The molecule has 1 aromatic carbocycles. The number of alkyl halides is 3. The van der Waals surface area contributed by atoms with Crippen LogP contribution < -0.4 is 4.90 Å². The van der Waals surface area contributed by atoms with Crippen molar-refractivity contribution in [2.75, 3.05) is 17.2 Å². The molecule has 1 saturated carbocycles. The van der Waals surface area contributed by atoms with Crippen LogP contribution in [-0.4, -0.2) is 52.9 Å². The van der Waals surface area contributed by atoms with Crippen LogP contribution in [0.1, 0.15) is 30.5 Å². The van der Waals surface area contributed by atoms with Gasteiger partial charge >= 0.3 is 12.1 Å². The molecule has 2 fully saturated rings. The quantitative estimate of drug-likeness (QED) is 0.717. The summed E-state index contributed by atoms with van der Waals surface area (Å²) < 4.78 is 65.6. The lowest BCUT2D eigenvalue weighted by Gasteiger charge is -2.24. The van der Waals surface area contributed by atoms with Gasteiger partial charge in [0.15, 0.2) is 9.84 Å². The molecule has 0 unspecified atom stereocenters. The lowest BCUT2D eigenvalue weighted by molar-refractivity contribution is -0.138. The van der Waals surface area contributed by atoms with Gasteiger partial charge in [0.2, 0.25) is 0 Å². The Morgan fingerprint density at radius 3 is 2.42 bits per heavy atom. The van der Waals surface area contributed by atoms with Crippen molar-refractivity contribution in [3.05, 3.63) is 41.6 Å². The Morgan fingerprint density at radius 2 is 1.87 bits per heavy atom. The molecule has 1 aliphatic carbocycles. The highest BCUT2D eigenvalue weighted by molar-refractivity contribution is 7.92. The molecule has 0 radical (unpaired) electrons. The van der Waals surface area contributed by atoms with Gasteiger partial charge in [-0.1, -0.05) is 0 Å². The van der Waals surface area contributed by atoms with Gasteiger partial charge in [-0.15, -0.1) is 0 Å². The first-order chi connectivity index (χ1) is 14.5. The number of hydrogen-bond acceptors (Lipinski definition) is 5. The summed E-state index contributed by atoms with van der Waals surface area (Å²) in [4.78, 5) is 13.4. The van der Waals surface area contributed by atoms with E-state index in [0.29, 0.717) is 17.2 Å². The van der Waals surface area contributed by atoms with Gasteiger partial charge in [0.25, 0.3) is 0 Å². The molecule has 0 spiro atoms. The molecule has 1 aliphatic heterocycles. The minimum atomic E-state index is -4.48. The van der Waals surface area contributed by atoms with Crippen LogP contribution in [0, 0.1) is 12.8 Å². The highest BCUT2D eigenvalue weighted by atomic mass is 32.2. The number of aromatic nitrogens is 2. The fourth-order valence-electron chi connectivity index (χ4n) is 3.97. The van der Waals surface area contributed by atoms with Crippen LogP contribution in [0.25, 0.3) is 5.69 Å². The fourth-order valence-corrected chi connectivity index (χ4v) is 6.09. The molecule has 2 aliphatic rings. The van der Waals surface area contributed by atoms with Crippen molar-refractivity contribution in [3.8, 4) is 5.69 Å². The molecule has 2 aromatic rings. The molecule has 2 heterocycles. The van der Waals surface area contributed by atoms with Crippen molar-refractivity contribution in [1.29, 1.82) is 0 Å². The molecule has 2 atom stereocenters. The number of halogens is 3. The zero-order valence-corrected chi connectivity index (χ0v) is 17.5. The van der Waals surface area contributed by atoms with Crippen LogP contribution in [0.15, 0.2) is 30.3 Å². The standard InChI is InChI=1S/C20H22F3N3O4S/c1-12-8-18(26(24-12)15-6-4-14(5-7-15)20(21,22)23)25-10-16(9-17(25)19(27)28)31(29,30)11-13-2-3-13/h4-8,13,16-17H,2-3,9-11H2,1H3,(H,27,28)/t16-,17+/m1/s1. The van der Waals surface area contributed by atoms with Gasteiger partial charge in [0.1, 0.15) is 11.9 Å². The minimum absolute atomic E-state index is 0.00219. The summed E-state index contributed by atoms with van der Waals surface area (Å²) in [6.45, 7) is 1.68. The van der Waals surface area contributed by atoms with Gasteiger partial charge in [0.05, 0.1) is 27.9 Å². The number of carboxylic acids is 1. The summed E-state index contributed by atoms with van der Waals surface area (Å²) in [5.74, 6) is -0.590. The van der Waals surface area contributed by atoms with E-state index in [1.54, 1.807) is 13.0 Å². The monoisotopic (exact) mass is 457 g/mol. The van der Waals surface area contributed by atoms with Crippen molar-refractivity contribution >= 4 is 21.6 Å². The van der Waals surface area contributed by atoms with E-state index < -0.39 is 38.8 Å². The van der Waals surface area contributed by atoms with E-state index in [4.69, 9.17) is 0 Å². The minimum Gasteiger partial charge on any atom is -0.480 e. The highest BCUT2D eigenvalue weighted by Crippen LogP contribution is 2.36. The van der Waals surface area contributed by atoms with Gasteiger partial charge in [-0.25, -0.2) is 17.9 Å². The van der Waals surface area contributed by atoms with E-state index in [1.165, 1.54) is 21.7 Å². The first-order valence-electron chi connectivity index (χ1n) is 9.91. The summed E-state index contributed by atoms with van der Waals surface area (Å²) >= 11 is 0. The molecule has 31 heavy (non-hydrogen) atoms. The Morgan fingerprint density at radius 1 is 1.23 bits per heavy atom. The lowest BCUT2D eigenvalue weighted by Crippen LogP contribution is -2.37. The van der Waals surface area contributed by atoms with Gasteiger partial charge in [0, 0.05) is 12.6 Å². The smallest absolute Gasteiger partial charge is 0.416 e. The normalized spacial score (nSPS) is 22.1. The highest BCUT2D eigenvalue weighted by Gasteiger charge is 2.45. The van der Waals surface area contributed by atoms with E-state index in [2.05, 4.69) is 5.10 Å². The predicted octanol–water partition coefficient (Wildman–Crippen LogP) is 3.06. The second kappa shape index (κ2) is 7.54. The molecule has 11 heteroatoms. The molecule has 1 saturated heterocycles. The summed E-state index contributed by atoms with van der Waals surface area (Å²) in [5.41, 5.74) is 0.0466. The van der Waals surface area contributed by atoms with Crippen LogP contribution in [0.4, 0.5) is 19.0 Å². The van der Waals surface area contributed by atoms with Gasteiger partial charge in [-0.05, 0) is 56.4 Å². The molecule has 1 aromatic heterocycles. The van der Waals surface area contributed by atoms with Crippen LogP contribution >= 0.6 is 0 Å². The van der Waals surface area contributed by atoms with Crippen LogP contribution in [0.5, 0.6) is 0 Å². The number of sulfone groups is 1. The summed E-state index contributed by atoms with van der Waals surface area (Å²) in [6, 6.07) is 4.92. The Balaban J connectivity index is 1.67. The number of nitrogens with zero attached hydrogens (tertiary/aromatic N) is 3. The Hall–Kier alpha value is -2.56. The first kappa shape index (κ1) is 21.7. The number of anilines is 1. The second-order valence-corrected chi connectivity index (χ2v) is 10.6. The number of carboxylic acid groups (broad SMARTS) is 1. The number of rotatable bonds is 6. The Labute approximate surface area is 177 Å². The van der Waals surface area contributed by atoms with Crippen LogP contribution in [0.3, 0.4) is 0 Å². The summed E-state index contributed by atoms with van der Waals surface area (Å²) in [5, 5.41) is 13.2. The zero-order valence-electron chi connectivity index (χ0n) is 16.7. The van der Waals surface area contributed by atoms with Crippen molar-refractivity contribution in [1.82, 2.24) is 9.78 Å². The van der Waals surface area contributed by atoms with Crippen molar-refractivity contribution in [2.45, 2.75) is 43.7 Å². The molecule has 1 N–H and O–H groups in total. The Kier molecular flexibility index (Phi) is 5.27. The third-order valence-corrected chi connectivity index (χ3v) is 8.06. The topological polar surface area (TPSA) is 92.5 Å². The number of benzene rings is 1. The maximum Gasteiger partial charge on any atom is 0.416 e. The SMILES string of the molecule is Cc1cc(N2C[C@H](S(=O)(=O)CC3CC3)C[C@H]2C(=O)O)n(-c2ccc(C(F)(F)F)cc2)n1. The lowest BCUT2D eigenvalue weighted by atomic mass is 10.2. The van der Waals surface area contributed by atoms with Crippen molar-refractivity contribution < 1.29 is 31.5 Å². The van der Waals surface area contributed by atoms with Gasteiger partial charge < -0.3 is 10.0 Å². The Bertz CT molecular complexity index is 1090. The molecular weight excluding hydrogens is 435 g/mol. The van der Waals surface area contributed by atoms with Crippen molar-refractivity contribution in [3.63, 3.8) is 0 Å². The molecule has 0 bridgehead atoms. The average Bonchev–Trinajstić information content (AvgIpc) is 3.21. The summed E-state index contributed by atoms with van der Waals surface area (Å²) in [7, 11) is -3.46. The maximum absolute atomic E-state index is 12.9. The first-order valence-corrected chi connectivity index (χ1v) is 11.6. The second-order valence-electron chi connectivity index (χ2n) is 8.24. The van der Waals surface area contributed by atoms with Gasteiger partial charge in [-0.3, -0.25) is 0 Å². The molecule has 4 rings (SSSR count). The number of aliphatic carboxylic acids is 1. The van der Waals surface area contributed by atoms with Gasteiger partial charge in [-0.2, -0.15) is 18.3 Å². The number of hydrogen-bond donors (Lipinski definition) is 1. The largest absolute Gasteiger partial charge is 0.480 e. The fraction of sp³-hybridized carbons (Fsp3) is 0.500. The van der Waals surface area contributed by atoms with E-state index in [-0.39, 0.29) is 24.6 Å². The molecular formula is C20H22F3N3O4S. The third-order valence-electron chi connectivity index (χ3n) is 5.77. The van der Waals surface area contributed by atoms with Crippen LogP contribution in [0.2, 0.25) is 0 Å². The average molecular weight is 457 g/mol. The third kappa shape index (κ3) is 4.41. The number of carbonyl (C=O) groups is 1. The summed E-state index contributed by atoms with van der Waals surface area (Å²) in [6.07, 6.45) is -2.77. The molecule has 7 nitrogen and oxygen atoms in total. The zero-order chi connectivity index (χ0) is 22.6. The van der Waals surface area contributed by atoms with Crippen molar-refractivity contribution in [2.24, 2.45) is 5.92 Å². The van der Waals surface area contributed by atoms with E-state index in [0.717, 1.165) is 25.0 Å². The molecule has 168 valence electrons. The van der Waals surface area contributed by atoms with E-state index >= 15 is 0 Å². The molecule has 0 amide bonds. The predicted molar refractivity (Wildman–Crippen MR) is 107 cm³/mol.